The number of aryl methyl sites for hydroxylation is 1. The first-order chi connectivity index (χ1) is 11.5. The zero-order chi connectivity index (χ0) is 17.7. The van der Waals surface area contributed by atoms with E-state index in [1.54, 1.807) is 13.2 Å². The van der Waals surface area contributed by atoms with Crippen molar-refractivity contribution in [1.82, 2.24) is 0 Å². The first-order valence-corrected chi connectivity index (χ1v) is 8.12. The van der Waals surface area contributed by atoms with Crippen molar-refractivity contribution in [3.8, 4) is 11.5 Å². The zero-order valence-corrected chi connectivity index (χ0v) is 15.4. The first kappa shape index (κ1) is 18.5. The van der Waals surface area contributed by atoms with Gasteiger partial charge in [-0.2, -0.15) is 0 Å². The van der Waals surface area contributed by atoms with Crippen LogP contribution in [0.15, 0.2) is 35.2 Å². The fourth-order valence-corrected chi connectivity index (χ4v) is 2.75. The lowest BCUT2D eigenvalue weighted by Crippen LogP contribution is -2.09. The average molecular weight is 367 g/mol. The number of hydrogen-bond donors (Lipinski definition) is 1. The Morgan fingerprint density at radius 3 is 2.62 bits per heavy atom. The highest BCUT2D eigenvalue weighted by molar-refractivity contribution is 7.80. The molecule has 24 heavy (non-hydrogen) atoms. The Bertz CT molecular complexity index is 746. The summed E-state index contributed by atoms with van der Waals surface area (Å²) in [5, 5.41) is 0.481. The quantitative estimate of drug-likeness (QED) is 0.613. The van der Waals surface area contributed by atoms with Gasteiger partial charge in [0.05, 0.1) is 25.7 Å². The third-order valence-corrected chi connectivity index (χ3v) is 4.41. The second-order valence-electron chi connectivity index (χ2n) is 5.21. The van der Waals surface area contributed by atoms with Crippen LogP contribution >= 0.6 is 24.2 Å². The van der Waals surface area contributed by atoms with Crippen molar-refractivity contribution in [3.63, 3.8) is 0 Å². The molecular weight excluding hydrogens is 348 g/mol. The number of carbonyl (C=O) groups is 1. The smallest absolute Gasteiger partial charge is 0.309 e. The fourth-order valence-electron chi connectivity index (χ4n) is 2.26. The van der Waals surface area contributed by atoms with Gasteiger partial charge in [0.2, 0.25) is 0 Å². The largest absolute Gasteiger partial charge is 0.496 e. The Morgan fingerprint density at radius 2 is 1.96 bits per heavy atom. The molecule has 0 bridgehead atoms. The highest BCUT2D eigenvalue weighted by Gasteiger charge is 2.14. The van der Waals surface area contributed by atoms with Crippen LogP contribution in [0.5, 0.6) is 11.5 Å². The molecule has 0 fully saturated rings. The highest BCUT2D eigenvalue weighted by atomic mass is 35.5. The monoisotopic (exact) mass is 366 g/mol. The Labute approximate surface area is 152 Å². The number of benzene rings is 2. The van der Waals surface area contributed by atoms with Gasteiger partial charge in [-0.1, -0.05) is 23.7 Å². The summed E-state index contributed by atoms with van der Waals surface area (Å²) in [5.74, 6) is 0.884. The Morgan fingerprint density at radius 1 is 1.21 bits per heavy atom. The number of hydrogen-bond acceptors (Lipinski definition) is 5. The third-order valence-electron chi connectivity index (χ3n) is 3.63. The maximum absolute atomic E-state index is 11.6. The summed E-state index contributed by atoms with van der Waals surface area (Å²) < 4.78 is 16.0. The van der Waals surface area contributed by atoms with E-state index in [1.165, 1.54) is 7.11 Å². The van der Waals surface area contributed by atoms with Gasteiger partial charge >= 0.3 is 5.97 Å². The van der Waals surface area contributed by atoms with Crippen LogP contribution in [-0.2, 0) is 22.6 Å². The van der Waals surface area contributed by atoms with Crippen LogP contribution in [0.25, 0.3) is 0 Å². The van der Waals surface area contributed by atoms with Gasteiger partial charge in [0, 0.05) is 10.5 Å². The van der Waals surface area contributed by atoms with E-state index in [-0.39, 0.29) is 19.0 Å². The van der Waals surface area contributed by atoms with E-state index < -0.39 is 0 Å². The molecule has 0 atom stereocenters. The predicted molar refractivity (Wildman–Crippen MR) is 96.5 cm³/mol. The first-order valence-electron chi connectivity index (χ1n) is 7.29. The van der Waals surface area contributed by atoms with Gasteiger partial charge in [-0.3, -0.25) is 4.79 Å². The molecule has 2 aromatic carbocycles. The molecule has 0 aromatic heterocycles. The minimum Gasteiger partial charge on any atom is -0.496 e. The number of rotatable bonds is 6. The van der Waals surface area contributed by atoms with Gasteiger partial charge in [-0.05, 0) is 36.2 Å². The normalized spacial score (nSPS) is 10.4. The number of carbonyl (C=O) groups excluding carboxylic acids is 1. The van der Waals surface area contributed by atoms with E-state index in [4.69, 9.17) is 25.8 Å². The van der Waals surface area contributed by atoms with Crippen LogP contribution in [-0.4, -0.2) is 20.2 Å². The van der Waals surface area contributed by atoms with E-state index in [2.05, 4.69) is 12.6 Å². The molecule has 4 nitrogen and oxygen atoms in total. The number of ether oxygens (including phenoxy) is 3. The highest BCUT2D eigenvalue weighted by Crippen LogP contribution is 2.32. The predicted octanol–water partition coefficient (Wildman–Crippen LogP) is 4.24. The lowest BCUT2D eigenvalue weighted by molar-refractivity contribution is -0.139. The molecule has 0 spiro atoms. The maximum atomic E-state index is 11.6. The molecule has 0 saturated heterocycles. The van der Waals surface area contributed by atoms with Gasteiger partial charge < -0.3 is 14.2 Å². The maximum Gasteiger partial charge on any atom is 0.309 e. The lowest BCUT2D eigenvalue weighted by atomic mass is 10.0. The number of esters is 1. The SMILES string of the molecule is COC(=O)Cc1cccc(OC)c1COc1cc(C)c(S)cc1Cl. The van der Waals surface area contributed by atoms with Crippen LogP contribution in [0, 0.1) is 6.92 Å². The van der Waals surface area contributed by atoms with Crippen molar-refractivity contribution in [2.24, 2.45) is 0 Å². The van der Waals surface area contributed by atoms with E-state index in [1.807, 2.05) is 31.2 Å². The molecule has 0 radical (unpaired) electrons. The Hall–Kier alpha value is -1.85. The second kappa shape index (κ2) is 8.31. The minimum atomic E-state index is -0.321. The molecule has 0 amide bonds. The summed E-state index contributed by atoms with van der Waals surface area (Å²) in [5.41, 5.74) is 2.54. The van der Waals surface area contributed by atoms with Crippen molar-refractivity contribution in [2.75, 3.05) is 14.2 Å². The van der Waals surface area contributed by atoms with Gasteiger partial charge in [0.1, 0.15) is 18.1 Å². The molecular formula is C18H19ClO4S. The molecule has 0 aliphatic rings. The number of halogens is 1. The zero-order valence-electron chi connectivity index (χ0n) is 13.8. The van der Waals surface area contributed by atoms with Crippen LogP contribution in [0.2, 0.25) is 5.02 Å². The van der Waals surface area contributed by atoms with Crippen molar-refractivity contribution in [2.45, 2.75) is 24.8 Å². The van der Waals surface area contributed by atoms with Gasteiger partial charge in [-0.25, -0.2) is 0 Å². The molecule has 0 N–H and O–H groups in total. The summed E-state index contributed by atoms with van der Waals surface area (Å²) in [6, 6.07) is 9.07. The lowest BCUT2D eigenvalue weighted by Gasteiger charge is -2.15. The van der Waals surface area contributed by atoms with Crippen molar-refractivity contribution >= 4 is 30.2 Å². The summed E-state index contributed by atoms with van der Waals surface area (Å²) >= 11 is 10.5. The molecule has 0 saturated carbocycles. The molecule has 128 valence electrons. The van der Waals surface area contributed by atoms with Gasteiger partial charge in [-0.15, -0.1) is 12.6 Å². The van der Waals surface area contributed by atoms with Crippen LogP contribution in [0.4, 0.5) is 0 Å². The number of thiol groups is 1. The van der Waals surface area contributed by atoms with E-state index in [0.29, 0.717) is 16.5 Å². The van der Waals surface area contributed by atoms with E-state index in [9.17, 15) is 4.79 Å². The summed E-state index contributed by atoms with van der Waals surface area (Å²) in [4.78, 5) is 12.4. The van der Waals surface area contributed by atoms with Crippen molar-refractivity contribution in [3.05, 3.63) is 52.0 Å². The van der Waals surface area contributed by atoms with E-state index in [0.717, 1.165) is 21.6 Å². The standard InChI is InChI=1S/C18H19ClO4S/c1-11-7-16(14(19)9-17(11)24)23-10-13-12(8-18(20)22-3)5-4-6-15(13)21-2/h4-7,9,24H,8,10H2,1-3H3. The number of methoxy groups -OCH3 is 2. The average Bonchev–Trinajstić information content (AvgIpc) is 2.57. The van der Waals surface area contributed by atoms with Crippen LogP contribution in [0.1, 0.15) is 16.7 Å². The second-order valence-corrected chi connectivity index (χ2v) is 6.10. The molecule has 2 rings (SSSR count). The molecule has 0 heterocycles. The van der Waals surface area contributed by atoms with Crippen LogP contribution in [0.3, 0.4) is 0 Å². The Kier molecular flexibility index (Phi) is 6.40. The Balaban J connectivity index is 2.28. The van der Waals surface area contributed by atoms with Crippen LogP contribution < -0.4 is 9.47 Å². The molecule has 6 heteroatoms. The van der Waals surface area contributed by atoms with Crippen molar-refractivity contribution < 1.29 is 19.0 Å². The van der Waals surface area contributed by atoms with E-state index >= 15 is 0 Å². The topological polar surface area (TPSA) is 44.8 Å². The van der Waals surface area contributed by atoms with Crippen molar-refractivity contribution in [1.29, 1.82) is 0 Å². The summed E-state index contributed by atoms with van der Waals surface area (Å²) in [6.45, 7) is 2.15. The summed E-state index contributed by atoms with van der Waals surface area (Å²) in [7, 11) is 2.94. The fraction of sp³-hybridized carbons (Fsp3) is 0.278. The third kappa shape index (κ3) is 4.36. The molecule has 2 aromatic rings. The minimum absolute atomic E-state index is 0.148. The molecule has 0 aliphatic heterocycles. The van der Waals surface area contributed by atoms with Gasteiger partial charge in [0.15, 0.2) is 0 Å². The van der Waals surface area contributed by atoms with Gasteiger partial charge in [0.25, 0.3) is 0 Å². The summed E-state index contributed by atoms with van der Waals surface area (Å²) in [6.07, 6.45) is 0.148. The molecule has 0 unspecified atom stereocenters. The molecule has 0 aliphatic carbocycles.